The molecule has 1 saturated carbocycles. The maximum Gasteiger partial charge on any atom is 0.244 e. The van der Waals surface area contributed by atoms with E-state index in [0.717, 1.165) is 29.8 Å². The number of nitrogens with zero attached hydrogens (tertiary/aromatic N) is 1. The van der Waals surface area contributed by atoms with Crippen molar-refractivity contribution in [2.75, 3.05) is 25.2 Å². The fraction of sp³-hybridized carbons (Fsp3) is 0.467. The molecule has 0 unspecified atom stereocenters. The maximum atomic E-state index is 12.0. The van der Waals surface area contributed by atoms with Crippen molar-refractivity contribution in [3.8, 4) is 0 Å². The number of para-hydroxylation sites is 1. The predicted molar refractivity (Wildman–Crippen MR) is 81.8 cm³/mol. The van der Waals surface area contributed by atoms with Gasteiger partial charge in [0.1, 0.15) is 0 Å². The third kappa shape index (κ3) is 3.54. The van der Waals surface area contributed by atoms with Crippen LogP contribution in [0.3, 0.4) is 0 Å². The fourth-order valence-electron chi connectivity index (χ4n) is 2.20. The first-order chi connectivity index (χ1) is 9.61. The van der Waals surface area contributed by atoms with Gasteiger partial charge in [0.25, 0.3) is 0 Å². The van der Waals surface area contributed by atoms with Crippen molar-refractivity contribution in [3.63, 3.8) is 0 Å². The quantitative estimate of drug-likeness (QED) is 0.849. The van der Waals surface area contributed by atoms with Crippen molar-refractivity contribution in [1.29, 1.82) is 0 Å². The zero-order chi connectivity index (χ0) is 14.5. The van der Waals surface area contributed by atoms with Crippen LogP contribution in [-0.4, -0.2) is 36.6 Å². The number of amides is 2. The summed E-state index contributed by atoms with van der Waals surface area (Å²) in [6.07, 6.45) is 5.01. The Bertz CT molecular complexity index is 500. The zero-order valence-electron chi connectivity index (χ0n) is 11.9. The van der Waals surface area contributed by atoms with Crippen LogP contribution < -0.4 is 5.32 Å². The number of anilines is 1. The third-order valence-electron chi connectivity index (χ3n) is 3.59. The SMILES string of the molecule is CSc1ccccc1NC(=O)CN(C)C(=O)C1CCC1. The number of nitrogens with one attached hydrogen (secondary N) is 1. The summed E-state index contributed by atoms with van der Waals surface area (Å²) in [4.78, 5) is 26.5. The smallest absolute Gasteiger partial charge is 0.244 e. The predicted octanol–water partition coefficient (Wildman–Crippen LogP) is 2.61. The summed E-state index contributed by atoms with van der Waals surface area (Å²) in [5, 5.41) is 2.87. The van der Waals surface area contributed by atoms with Gasteiger partial charge in [-0.05, 0) is 31.2 Å². The highest BCUT2D eigenvalue weighted by atomic mass is 32.2. The molecule has 4 nitrogen and oxygen atoms in total. The molecule has 1 aromatic carbocycles. The van der Waals surface area contributed by atoms with Crippen LogP contribution >= 0.6 is 11.8 Å². The Hall–Kier alpha value is -1.49. The Kier molecular flexibility index (Phi) is 5.06. The van der Waals surface area contributed by atoms with Crippen molar-refractivity contribution in [2.24, 2.45) is 5.92 Å². The molecule has 1 aromatic rings. The van der Waals surface area contributed by atoms with Crippen molar-refractivity contribution in [2.45, 2.75) is 24.2 Å². The number of hydrogen-bond donors (Lipinski definition) is 1. The molecule has 0 heterocycles. The number of carbonyl (C=O) groups excluding carboxylic acids is 2. The van der Waals surface area contributed by atoms with E-state index in [1.807, 2.05) is 30.5 Å². The van der Waals surface area contributed by atoms with Crippen LogP contribution in [0.1, 0.15) is 19.3 Å². The minimum atomic E-state index is -0.151. The lowest BCUT2D eigenvalue weighted by molar-refractivity contribution is -0.139. The first-order valence-corrected chi connectivity index (χ1v) is 8.02. The normalized spacial score (nSPS) is 14.5. The molecule has 0 aromatic heterocycles. The first-order valence-electron chi connectivity index (χ1n) is 6.79. The van der Waals surface area contributed by atoms with Crippen LogP contribution in [0.5, 0.6) is 0 Å². The minimum Gasteiger partial charge on any atom is -0.336 e. The highest BCUT2D eigenvalue weighted by Gasteiger charge is 2.28. The van der Waals surface area contributed by atoms with Gasteiger partial charge in [-0.25, -0.2) is 0 Å². The molecular weight excluding hydrogens is 272 g/mol. The van der Waals surface area contributed by atoms with Crippen LogP contribution in [0.25, 0.3) is 0 Å². The molecule has 5 heteroatoms. The van der Waals surface area contributed by atoms with Gasteiger partial charge >= 0.3 is 0 Å². The minimum absolute atomic E-state index is 0.0875. The monoisotopic (exact) mass is 292 g/mol. The molecule has 0 aliphatic heterocycles. The summed E-state index contributed by atoms with van der Waals surface area (Å²) in [5.74, 6) is 0.0671. The molecule has 0 bridgehead atoms. The van der Waals surface area contributed by atoms with Gasteiger partial charge in [0.2, 0.25) is 11.8 Å². The molecule has 1 aliphatic rings. The lowest BCUT2D eigenvalue weighted by Crippen LogP contribution is -2.40. The van der Waals surface area contributed by atoms with Crippen LogP contribution in [-0.2, 0) is 9.59 Å². The van der Waals surface area contributed by atoms with E-state index in [1.165, 1.54) is 4.90 Å². The second-order valence-electron chi connectivity index (χ2n) is 5.07. The summed E-state index contributed by atoms with van der Waals surface area (Å²) in [6.45, 7) is 0.109. The van der Waals surface area contributed by atoms with E-state index >= 15 is 0 Å². The van der Waals surface area contributed by atoms with Gasteiger partial charge in [-0.15, -0.1) is 11.8 Å². The van der Waals surface area contributed by atoms with Crippen LogP contribution in [0, 0.1) is 5.92 Å². The second-order valence-corrected chi connectivity index (χ2v) is 5.92. The number of carbonyl (C=O) groups is 2. The number of thioether (sulfide) groups is 1. The average molecular weight is 292 g/mol. The molecule has 0 saturated heterocycles. The number of likely N-dealkylation sites (N-methyl/N-ethyl adjacent to an activating group) is 1. The standard InChI is InChI=1S/C15H20N2O2S/c1-17(15(19)11-6-5-7-11)10-14(18)16-12-8-3-4-9-13(12)20-2/h3-4,8-9,11H,5-7,10H2,1-2H3,(H,16,18). The van der Waals surface area contributed by atoms with Crippen molar-refractivity contribution in [1.82, 2.24) is 4.90 Å². The Labute approximate surface area is 123 Å². The summed E-state index contributed by atoms with van der Waals surface area (Å²) >= 11 is 1.58. The molecule has 0 spiro atoms. The van der Waals surface area contributed by atoms with Gasteiger partial charge in [-0.3, -0.25) is 9.59 Å². The van der Waals surface area contributed by atoms with Crippen molar-refractivity contribution in [3.05, 3.63) is 24.3 Å². The van der Waals surface area contributed by atoms with Gasteiger partial charge in [-0.2, -0.15) is 0 Å². The molecule has 0 atom stereocenters. The Morgan fingerprint density at radius 3 is 2.65 bits per heavy atom. The molecule has 0 radical (unpaired) electrons. The van der Waals surface area contributed by atoms with E-state index in [4.69, 9.17) is 0 Å². The van der Waals surface area contributed by atoms with Crippen LogP contribution in [0.4, 0.5) is 5.69 Å². The van der Waals surface area contributed by atoms with E-state index < -0.39 is 0 Å². The summed E-state index contributed by atoms with van der Waals surface area (Å²) in [7, 11) is 1.70. The van der Waals surface area contributed by atoms with E-state index in [9.17, 15) is 9.59 Å². The van der Waals surface area contributed by atoms with Gasteiger partial charge in [-0.1, -0.05) is 18.6 Å². The van der Waals surface area contributed by atoms with E-state index in [2.05, 4.69) is 5.32 Å². The second kappa shape index (κ2) is 6.79. The number of hydrogen-bond acceptors (Lipinski definition) is 3. The number of rotatable bonds is 5. The Balaban J connectivity index is 1.90. The van der Waals surface area contributed by atoms with Crippen molar-refractivity contribution < 1.29 is 9.59 Å². The number of benzene rings is 1. The highest BCUT2D eigenvalue weighted by molar-refractivity contribution is 7.98. The molecule has 1 N–H and O–H groups in total. The molecule has 2 amide bonds. The van der Waals surface area contributed by atoms with E-state index in [0.29, 0.717) is 0 Å². The van der Waals surface area contributed by atoms with Crippen LogP contribution in [0.15, 0.2) is 29.2 Å². The summed E-state index contributed by atoms with van der Waals surface area (Å²) in [6, 6.07) is 7.66. The molecule has 20 heavy (non-hydrogen) atoms. The van der Waals surface area contributed by atoms with Crippen LogP contribution in [0.2, 0.25) is 0 Å². The van der Waals surface area contributed by atoms with E-state index in [-0.39, 0.29) is 24.3 Å². The molecule has 2 rings (SSSR count). The highest BCUT2D eigenvalue weighted by Crippen LogP contribution is 2.28. The van der Waals surface area contributed by atoms with Gasteiger partial charge in [0, 0.05) is 17.9 Å². The first kappa shape index (κ1) is 14.9. The van der Waals surface area contributed by atoms with E-state index in [1.54, 1.807) is 18.8 Å². The Morgan fingerprint density at radius 1 is 1.35 bits per heavy atom. The zero-order valence-corrected chi connectivity index (χ0v) is 12.7. The van der Waals surface area contributed by atoms with Gasteiger partial charge in [0.05, 0.1) is 12.2 Å². The lowest BCUT2D eigenvalue weighted by atomic mass is 9.84. The average Bonchev–Trinajstić information content (AvgIpc) is 2.37. The molecule has 1 fully saturated rings. The van der Waals surface area contributed by atoms with Gasteiger partial charge < -0.3 is 10.2 Å². The third-order valence-corrected chi connectivity index (χ3v) is 4.39. The van der Waals surface area contributed by atoms with Gasteiger partial charge in [0.15, 0.2) is 0 Å². The summed E-state index contributed by atoms with van der Waals surface area (Å²) in [5.41, 5.74) is 0.800. The molecular formula is C15H20N2O2S. The molecule has 108 valence electrons. The fourth-order valence-corrected chi connectivity index (χ4v) is 2.75. The maximum absolute atomic E-state index is 12.0. The van der Waals surface area contributed by atoms with Crippen molar-refractivity contribution >= 4 is 29.3 Å². The topological polar surface area (TPSA) is 49.4 Å². The Morgan fingerprint density at radius 2 is 2.05 bits per heavy atom. The molecule has 1 aliphatic carbocycles. The lowest BCUT2D eigenvalue weighted by Gasteiger charge is -2.28. The largest absolute Gasteiger partial charge is 0.336 e. The summed E-state index contributed by atoms with van der Waals surface area (Å²) < 4.78 is 0.